The molecule has 0 bridgehead atoms. The summed E-state index contributed by atoms with van der Waals surface area (Å²) in [6, 6.07) is 4.84. The summed E-state index contributed by atoms with van der Waals surface area (Å²) in [6.45, 7) is 5.64. The molecule has 30 heavy (non-hydrogen) atoms. The first-order chi connectivity index (χ1) is 13.9. The highest BCUT2D eigenvalue weighted by Gasteiger charge is 2.23. The molecule has 10 heteroatoms. The molecule has 0 saturated heterocycles. The number of carboxylic acids is 3. The van der Waals surface area contributed by atoms with Crippen LogP contribution in [0.15, 0.2) is 24.3 Å². The Labute approximate surface area is 174 Å². The molecule has 0 aliphatic carbocycles. The summed E-state index contributed by atoms with van der Waals surface area (Å²) in [4.78, 5) is 45.2. The van der Waals surface area contributed by atoms with Crippen molar-refractivity contribution in [3.63, 3.8) is 0 Å². The van der Waals surface area contributed by atoms with Gasteiger partial charge < -0.3 is 26.0 Å². The fraction of sp³-hybridized carbons (Fsp3) is 0.500. The number of nitrogens with one attached hydrogen (secondary N) is 3. The number of hydrogen-bond acceptors (Lipinski definition) is 6. The number of hydrogen-bond donors (Lipinski definition) is 6. The molecule has 166 valence electrons. The summed E-state index contributed by atoms with van der Waals surface area (Å²) < 4.78 is 0. The van der Waals surface area contributed by atoms with Crippen LogP contribution >= 0.6 is 0 Å². The van der Waals surface area contributed by atoms with Gasteiger partial charge in [0.1, 0.15) is 12.1 Å². The van der Waals surface area contributed by atoms with Crippen LogP contribution < -0.4 is 16.0 Å². The van der Waals surface area contributed by atoms with Gasteiger partial charge in [-0.3, -0.25) is 19.7 Å². The van der Waals surface area contributed by atoms with Crippen molar-refractivity contribution in [3.05, 3.63) is 29.8 Å². The van der Waals surface area contributed by atoms with E-state index in [0.29, 0.717) is 0 Å². The number of rotatable bonds is 12. The van der Waals surface area contributed by atoms with E-state index in [4.69, 9.17) is 10.2 Å². The van der Waals surface area contributed by atoms with Crippen LogP contribution in [-0.4, -0.2) is 63.3 Å². The van der Waals surface area contributed by atoms with Crippen LogP contribution in [0.4, 0.5) is 5.69 Å². The highest BCUT2D eigenvalue weighted by Crippen LogP contribution is 2.16. The minimum atomic E-state index is -1.36. The fourth-order valence-electron chi connectivity index (χ4n) is 2.63. The van der Waals surface area contributed by atoms with E-state index in [-0.39, 0.29) is 18.4 Å². The zero-order chi connectivity index (χ0) is 22.9. The number of amides is 1. The van der Waals surface area contributed by atoms with Gasteiger partial charge in [-0.25, -0.2) is 4.79 Å². The van der Waals surface area contributed by atoms with E-state index < -0.39 is 48.9 Å². The van der Waals surface area contributed by atoms with Crippen LogP contribution in [0, 0.1) is 0 Å². The lowest BCUT2D eigenvalue weighted by Crippen LogP contribution is -2.48. The van der Waals surface area contributed by atoms with E-state index in [2.05, 4.69) is 16.0 Å². The number of carbonyl (C=O) groups is 4. The Morgan fingerprint density at radius 2 is 1.50 bits per heavy atom. The molecule has 0 unspecified atom stereocenters. The molecule has 1 rings (SSSR count). The van der Waals surface area contributed by atoms with Crippen LogP contribution in [0.3, 0.4) is 0 Å². The van der Waals surface area contributed by atoms with E-state index in [9.17, 15) is 24.3 Å². The molecule has 0 aromatic heterocycles. The Balaban J connectivity index is 2.63. The molecule has 0 fully saturated rings. The minimum absolute atomic E-state index is 0.113. The van der Waals surface area contributed by atoms with Gasteiger partial charge >= 0.3 is 17.9 Å². The van der Waals surface area contributed by atoms with Crippen molar-refractivity contribution in [1.29, 1.82) is 0 Å². The topological polar surface area (TPSA) is 165 Å². The number of anilines is 1. The molecule has 0 spiro atoms. The maximum absolute atomic E-state index is 12.0. The first kappa shape index (κ1) is 24.9. The summed E-state index contributed by atoms with van der Waals surface area (Å²) in [7, 11) is 0. The first-order valence-corrected chi connectivity index (χ1v) is 9.44. The smallest absolute Gasteiger partial charge is 0.326 e. The van der Waals surface area contributed by atoms with E-state index in [1.807, 2.05) is 32.9 Å². The third-order valence-corrected chi connectivity index (χ3v) is 4.00. The summed E-state index contributed by atoms with van der Waals surface area (Å²) >= 11 is 0. The van der Waals surface area contributed by atoms with Crippen LogP contribution in [0.2, 0.25) is 0 Å². The van der Waals surface area contributed by atoms with Crippen molar-refractivity contribution in [2.45, 2.75) is 57.7 Å². The van der Waals surface area contributed by atoms with E-state index >= 15 is 0 Å². The van der Waals surface area contributed by atoms with Gasteiger partial charge in [0.05, 0.1) is 6.54 Å². The molecule has 1 aromatic rings. The van der Waals surface area contributed by atoms with Crippen molar-refractivity contribution >= 4 is 29.5 Å². The number of benzene rings is 1. The summed E-state index contributed by atoms with van der Waals surface area (Å²) in [6.07, 6.45) is -0.560. The Hall–Kier alpha value is -3.14. The Bertz CT molecular complexity index is 757. The largest absolute Gasteiger partial charge is 0.481 e. The predicted molar refractivity (Wildman–Crippen MR) is 109 cm³/mol. The van der Waals surface area contributed by atoms with Gasteiger partial charge in [0.15, 0.2) is 0 Å². The van der Waals surface area contributed by atoms with Gasteiger partial charge in [0.25, 0.3) is 0 Å². The molecular weight excluding hydrogens is 394 g/mol. The molecule has 0 aliphatic heterocycles. The van der Waals surface area contributed by atoms with Crippen molar-refractivity contribution in [2.75, 3.05) is 11.9 Å². The molecule has 1 amide bonds. The second-order valence-electron chi connectivity index (χ2n) is 7.94. The summed E-state index contributed by atoms with van der Waals surface area (Å²) in [5, 5.41) is 35.2. The molecule has 0 heterocycles. The molecule has 0 aliphatic rings. The number of aliphatic carboxylic acids is 3. The Morgan fingerprint density at radius 1 is 0.933 bits per heavy atom. The maximum Gasteiger partial charge on any atom is 0.326 e. The third kappa shape index (κ3) is 9.87. The molecular formula is C20H29N3O7. The highest BCUT2D eigenvalue weighted by molar-refractivity contribution is 5.85. The van der Waals surface area contributed by atoms with Crippen LogP contribution in [0.1, 0.15) is 39.2 Å². The fourth-order valence-corrected chi connectivity index (χ4v) is 2.63. The zero-order valence-corrected chi connectivity index (χ0v) is 17.3. The van der Waals surface area contributed by atoms with Gasteiger partial charge in [0.2, 0.25) is 5.91 Å². The predicted octanol–water partition coefficient (Wildman–Crippen LogP) is 0.917. The average molecular weight is 423 g/mol. The van der Waals surface area contributed by atoms with Crippen LogP contribution in [0.25, 0.3) is 0 Å². The molecule has 1 aromatic carbocycles. The van der Waals surface area contributed by atoms with Gasteiger partial charge in [0, 0.05) is 17.6 Å². The van der Waals surface area contributed by atoms with E-state index in [1.54, 1.807) is 12.1 Å². The minimum Gasteiger partial charge on any atom is -0.481 e. The first-order valence-electron chi connectivity index (χ1n) is 9.44. The third-order valence-electron chi connectivity index (χ3n) is 4.00. The lowest BCUT2D eigenvalue weighted by atomic mass is 10.0. The van der Waals surface area contributed by atoms with Crippen molar-refractivity contribution in [2.24, 2.45) is 0 Å². The van der Waals surface area contributed by atoms with Crippen LogP contribution in [-0.2, 0) is 25.6 Å². The number of carboxylic acid groups (broad SMARTS) is 3. The van der Waals surface area contributed by atoms with Crippen molar-refractivity contribution in [3.8, 4) is 0 Å². The zero-order valence-electron chi connectivity index (χ0n) is 17.3. The lowest BCUT2D eigenvalue weighted by molar-refractivity contribution is -0.143. The molecule has 10 nitrogen and oxygen atoms in total. The lowest BCUT2D eigenvalue weighted by Gasteiger charge is -2.22. The van der Waals surface area contributed by atoms with Gasteiger partial charge in [-0.2, -0.15) is 0 Å². The Morgan fingerprint density at radius 3 is 1.97 bits per heavy atom. The summed E-state index contributed by atoms with van der Waals surface area (Å²) in [5.74, 6) is -4.42. The quantitative estimate of drug-likeness (QED) is 0.287. The maximum atomic E-state index is 12.0. The molecule has 0 saturated carbocycles. The normalized spacial score (nSPS) is 13.2. The Kier molecular flexibility index (Phi) is 9.25. The van der Waals surface area contributed by atoms with Gasteiger partial charge in [-0.05, 0) is 51.3 Å². The monoisotopic (exact) mass is 423 g/mol. The second-order valence-corrected chi connectivity index (χ2v) is 7.94. The summed E-state index contributed by atoms with van der Waals surface area (Å²) in [5.41, 5.74) is 1.53. The van der Waals surface area contributed by atoms with Crippen LogP contribution in [0.5, 0.6) is 0 Å². The second kappa shape index (κ2) is 11.1. The standard InChI is InChI=1S/C20H29N3O7/c1-20(2,3)23-13-6-4-12(5-7-13)10-15(19(29)30)21-11-16(24)22-14(18(27)28)8-9-17(25)26/h4-7,14-15,21,23H,8-11H2,1-3H3,(H,22,24)(H,25,26)(H,27,28)(H,29,30)/t14-,15-/m0/s1. The molecule has 0 radical (unpaired) electrons. The van der Waals surface area contributed by atoms with Crippen molar-refractivity contribution < 1.29 is 34.5 Å². The molecule has 6 N–H and O–H groups in total. The van der Waals surface area contributed by atoms with Crippen molar-refractivity contribution in [1.82, 2.24) is 10.6 Å². The highest BCUT2D eigenvalue weighted by atomic mass is 16.4. The SMILES string of the molecule is CC(C)(C)Nc1ccc(C[C@H](NCC(=O)N[C@@H](CCC(=O)O)C(=O)O)C(=O)O)cc1. The van der Waals surface area contributed by atoms with Gasteiger partial charge in [-0.1, -0.05) is 12.1 Å². The number of carbonyl (C=O) groups excluding carboxylic acids is 1. The van der Waals surface area contributed by atoms with Gasteiger partial charge in [-0.15, -0.1) is 0 Å². The van der Waals surface area contributed by atoms with E-state index in [1.165, 1.54) is 0 Å². The molecule has 2 atom stereocenters. The average Bonchev–Trinajstić information content (AvgIpc) is 2.61. The van der Waals surface area contributed by atoms with E-state index in [0.717, 1.165) is 11.3 Å².